The lowest BCUT2D eigenvalue weighted by Crippen LogP contribution is -1.93. The molecule has 1 aromatic heterocycles. The van der Waals surface area contributed by atoms with E-state index in [9.17, 15) is 0 Å². The van der Waals surface area contributed by atoms with Crippen molar-refractivity contribution in [1.29, 1.82) is 0 Å². The summed E-state index contributed by atoms with van der Waals surface area (Å²) in [7, 11) is 0. The summed E-state index contributed by atoms with van der Waals surface area (Å²) in [5.74, 6) is 1.97. The van der Waals surface area contributed by atoms with E-state index in [0.717, 1.165) is 28.1 Å². The normalized spacial score (nSPS) is 10.9. The minimum Gasteiger partial charge on any atom is -0.398 e. The molecule has 0 atom stereocenters. The van der Waals surface area contributed by atoms with Crippen molar-refractivity contribution in [2.24, 2.45) is 0 Å². The maximum Gasteiger partial charge on any atom is 0.0763 e. The van der Waals surface area contributed by atoms with Crippen LogP contribution in [0.5, 0.6) is 0 Å². The molecule has 2 N–H and O–H groups in total. The Labute approximate surface area is 129 Å². The molecular formula is C18H18N2S. The summed E-state index contributed by atoms with van der Waals surface area (Å²) >= 11 is 1.91. The van der Waals surface area contributed by atoms with E-state index in [-0.39, 0.29) is 0 Å². The predicted octanol–water partition coefficient (Wildman–Crippen LogP) is 4.56. The number of thioether (sulfide) groups is 1. The van der Waals surface area contributed by atoms with Gasteiger partial charge in [-0.15, -0.1) is 0 Å². The zero-order chi connectivity index (χ0) is 14.7. The Kier molecular flexibility index (Phi) is 4.11. The number of aryl methyl sites for hydroxylation is 1. The van der Waals surface area contributed by atoms with Crippen LogP contribution >= 0.6 is 11.8 Å². The Bertz CT molecular complexity index is 768. The molecule has 106 valence electrons. The van der Waals surface area contributed by atoms with Gasteiger partial charge in [-0.1, -0.05) is 30.3 Å². The first-order valence-electron chi connectivity index (χ1n) is 7.00. The van der Waals surface area contributed by atoms with Gasteiger partial charge in [0, 0.05) is 28.8 Å². The quantitative estimate of drug-likeness (QED) is 0.717. The van der Waals surface area contributed by atoms with Crippen molar-refractivity contribution >= 4 is 28.4 Å². The zero-order valence-corrected chi connectivity index (χ0v) is 12.9. The number of fused-ring (bicyclic) bond motifs is 1. The molecule has 0 spiro atoms. The van der Waals surface area contributed by atoms with Gasteiger partial charge < -0.3 is 5.73 Å². The lowest BCUT2D eigenvalue weighted by Gasteiger charge is -2.09. The minimum absolute atomic E-state index is 0.797. The molecule has 0 saturated heterocycles. The van der Waals surface area contributed by atoms with Gasteiger partial charge in [0.15, 0.2) is 0 Å². The third-order valence-electron chi connectivity index (χ3n) is 3.66. The molecule has 0 amide bonds. The molecule has 3 aromatic rings. The number of hydrogen-bond acceptors (Lipinski definition) is 3. The Morgan fingerprint density at radius 1 is 0.952 bits per heavy atom. The molecule has 0 aliphatic heterocycles. The van der Waals surface area contributed by atoms with Crippen LogP contribution in [0, 0.1) is 6.92 Å². The van der Waals surface area contributed by atoms with Crippen molar-refractivity contribution in [2.45, 2.75) is 18.4 Å². The minimum atomic E-state index is 0.797. The van der Waals surface area contributed by atoms with Gasteiger partial charge in [-0.3, -0.25) is 4.98 Å². The summed E-state index contributed by atoms with van der Waals surface area (Å²) in [6.07, 6.45) is 1.83. The standard InChI is InChI=1S/C18H18N2S/c1-13-5-2-3-6-14(13)11-21-12-15-8-9-17(19)16-7-4-10-20-18(15)16/h2-10H,11-12,19H2,1H3. The topological polar surface area (TPSA) is 38.9 Å². The summed E-state index contributed by atoms with van der Waals surface area (Å²) in [5, 5.41) is 1.05. The van der Waals surface area contributed by atoms with Crippen LogP contribution in [0.15, 0.2) is 54.7 Å². The Morgan fingerprint density at radius 2 is 1.76 bits per heavy atom. The van der Waals surface area contributed by atoms with E-state index in [1.807, 2.05) is 36.2 Å². The number of anilines is 1. The second-order valence-corrected chi connectivity index (χ2v) is 6.12. The molecule has 0 aliphatic carbocycles. The molecule has 0 bridgehead atoms. The van der Waals surface area contributed by atoms with Crippen molar-refractivity contribution in [1.82, 2.24) is 4.98 Å². The largest absolute Gasteiger partial charge is 0.398 e. The summed E-state index contributed by atoms with van der Waals surface area (Å²) in [4.78, 5) is 4.49. The first kappa shape index (κ1) is 14.0. The summed E-state index contributed by atoms with van der Waals surface area (Å²) in [5.41, 5.74) is 11.8. The molecule has 21 heavy (non-hydrogen) atoms. The fourth-order valence-electron chi connectivity index (χ4n) is 2.41. The van der Waals surface area contributed by atoms with Crippen LogP contribution in [-0.4, -0.2) is 4.98 Å². The van der Waals surface area contributed by atoms with Crippen LogP contribution in [0.3, 0.4) is 0 Å². The van der Waals surface area contributed by atoms with Gasteiger partial charge in [-0.05, 0) is 41.8 Å². The number of nitrogen functional groups attached to an aromatic ring is 1. The molecule has 2 nitrogen and oxygen atoms in total. The van der Waals surface area contributed by atoms with Crippen molar-refractivity contribution in [2.75, 3.05) is 5.73 Å². The number of nitrogens with zero attached hydrogens (tertiary/aromatic N) is 1. The molecule has 3 rings (SSSR count). The van der Waals surface area contributed by atoms with Crippen LogP contribution in [0.4, 0.5) is 5.69 Å². The first-order chi connectivity index (χ1) is 10.3. The zero-order valence-electron chi connectivity index (χ0n) is 12.0. The van der Waals surface area contributed by atoms with Crippen LogP contribution in [0.1, 0.15) is 16.7 Å². The average Bonchev–Trinajstić information content (AvgIpc) is 2.52. The SMILES string of the molecule is Cc1ccccc1CSCc1ccc(N)c2cccnc12. The second kappa shape index (κ2) is 6.19. The Hall–Kier alpha value is -2.00. The maximum atomic E-state index is 6.02. The first-order valence-corrected chi connectivity index (χ1v) is 8.15. The van der Waals surface area contributed by atoms with Gasteiger partial charge in [0.25, 0.3) is 0 Å². The van der Waals surface area contributed by atoms with Crippen LogP contribution in [-0.2, 0) is 11.5 Å². The van der Waals surface area contributed by atoms with E-state index in [0.29, 0.717) is 0 Å². The van der Waals surface area contributed by atoms with E-state index in [1.54, 1.807) is 0 Å². The molecular weight excluding hydrogens is 276 g/mol. The van der Waals surface area contributed by atoms with Crippen molar-refractivity contribution in [3.8, 4) is 0 Å². The summed E-state index contributed by atoms with van der Waals surface area (Å²) < 4.78 is 0. The summed E-state index contributed by atoms with van der Waals surface area (Å²) in [6.45, 7) is 2.16. The Balaban J connectivity index is 1.77. The van der Waals surface area contributed by atoms with Crippen molar-refractivity contribution < 1.29 is 0 Å². The molecule has 0 aliphatic rings. The Morgan fingerprint density at radius 3 is 2.62 bits per heavy atom. The second-order valence-electron chi connectivity index (χ2n) is 5.13. The van der Waals surface area contributed by atoms with Gasteiger partial charge in [0.2, 0.25) is 0 Å². The van der Waals surface area contributed by atoms with Gasteiger partial charge in [0.1, 0.15) is 0 Å². The third kappa shape index (κ3) is 3.03. The third-order valence-corrected chi connectivity index (χ3v) is 4.69. The monoisotopic (exact) mass is 294 g/mol. The van der Waals surface area contributed by atoms with Gasteiger partial charge >= 0.3 is 0 Å². The molecule has 2 aromatic carbocycles. The van der Waals surface area contributed by atoms with Crippen LogP contribution in [0.2, 0.25) is 0 Å². The van der Waals surface area contributed by atoms with Crippen molar-refractivity contribution in [3.05, 3.63) is 71.4 Å². The summed E-state index contributed by atoms with van der Waals surface area (Å²) in [6, 6.07) is 16.6. The van der Waals surface area contributed by atoms with Gasteiger partial charge in [-0.25, -0.2) is 0 Å². The van der Waals surface area contributed by atoms with E-state index in [4.69, 9.17) is 5.73 Å². The maximum absolute atomic E-state index is 6.02. The number of benzene rings is 2. The van der Waals surface area contributed by atoms with Gasteiger partial charge in [-0.2, -0.15) is 11.8 Å². The van der Waals surface area contributed by atoms with Gasteiger partial charge in [0.05, 0.1) is 5.52 Å². The molecule has 0 saturated carbocycles. The number of pyridine rings is 1. The average molecular weight is 294 g/mol. The van der Waals surface area contributed by atoms with E-state index in [2.05, 4.69) is 42.2 Å². The number of rotatable bonds is 4. The highest BCUT2D eigenvalue weighted by Gasteiger charge is 2.05. The fourth-order valence-corrected chi connectivity index (χ4v) is 3.51. The van der Waals surface area contributed by atoms with Crippen LogP contribution in [0.25, 0.3) is 10.9 Å². The van der Waals surface area contributed by atoms with Crippen molar-refractivity contribution in [3.63, 3.8) is 0 Å². The van der Waals surface area contributed by atoms with E-state index < -0.39 is 0 Å². The fraction of sp³-hybridized carbons (Fsp3) is 0.167. The lowest BCUT2D eigenvalue weighted by molar-refractivity contribution is 1.29. The highest BCUT2D eigenvalue weighted by molar-refractivity contribution is 7.97. The molecule has 1 heterocycles. The van der Waals surface area contributed by atoms with Crippen LogP contribution < -0.4 is 5.73 Å². The molecule has 3 heteroatoms. The predicted molar refractivity (Wildman–Crippen MR) is 92.3 cm³/mol. The number of aromatic nitrogens is 1. The van der Waals surface area contributed by atoms with E-state index >= 15 is 0 Å². The van der Waals surface area contributed by atoms with E-state index in [1.165, 1.54) is 16.7 Å². The number of hydrogen-bond donors (Lipinski definition) is 1. The highest BCUT2D eigenvalue weighted by atomic mass is 32.2. The molecule has 0 radical (unpaired) electrons. The number of nitrogens with two attached hydrogens (primary N) is 1. The smallest absolute Gasteiger partial charge is 0.0763 e. The molecule has 0 unspecified atom stereocenters. The lowest BCUT2D eigenvalue weighted by atomic mass is 10.1. The molecule has 0 fully saturated rings. The highest BCUT2D eigenvalue weighted by Crippen LogP contribution is 2.27.